The molecule has 0 unspecified atom stereocenters. The van der Waals surface area contributed by atoms with Crippen molar-refractivity contribution in [2.75, 3.05) is 26.2 Å². The van der Waals surface area contributed by atoms with Crippen LogP contribution in [0.4, 0.5) is 27.2 Å². The van der Waals surface area contributed by atoms with Gasteiger partial charge in [-0.2, -0.15) is 15.3 Å². The fourth-order valence-corrected chi connectivity index (χ4v) is 8.58. The van der Waals surface area contributed by atoms with Crippen molar-refractivity contribution in [3.63, 3.8) is 0 Å². The summed E-state index contributed by atoms with van der Waals surface area (Å²) in [6.45, 7) is 12.1. The molecule has 0 aromatic carbocycles. The van der Waals surface area contributed by atoms with E-state index in [4.69, 9.17) is 4.63 Å². The molecule has 0 atom stereocenters. The van der Waals surface area contributed by atoms with E-state index in [1.807, 2.05) is 39.8 Å². The van der Waals surface area contributed by atoms with Gasteiger partial charge in [-0.05, 0) is 86.9 Å². The van der Waals surface area contributed by atoms with Gasteiger partial charge in [-0.3, -0.25) is 14.3 Å². The first-order valence-corrected chi connectivity index (χ1v) is 25.5. The molecule has 6 aromatic rings. The van der Waals surface area contributed by atoms with E-state index >= 15 is 0 Å². The quantitative estimate of drug-likeness (QED) is 0.0867. The van der Waals surface area contributed by atoms with Crippen molar-refractivity contribution >= 4 is 35.2 Å². The van der Waals surface area contributed by atoms with Crippen LogP contribution in [0.2, 0.25) is 0 Å². The lowest BCUT2D eigenvalue weighted by molar-refractivity contribution is -0.0343. The van der Waals surface area contributed by atoms with E-state index < -0.39 is 11.8 Å². The van der Waals surface area contributed by atoms with Crippen LogP contribution in [0.5, 0.6) is 0 Å². The third-order valence-electron chi connectivity index (χ3n) is 12.6. The molecule has 5 fully saturated rings. The van der Waals surface area contributed by atoms with E-state index in [1.54, 1.807) is 60.6 Å². The molecule has 2 aliphatic heterocycles. The number of amides is 6. The topological polar surface area (TPSA) is 240 Å². The first-order valence-electron chi connectivity index (χ1n) is 25.5. The van der Waals surface area contributed by atoms with Crippen LogP contribution >= 0.6 is 0 Å². The molecule has 21 nitrogen and oxygen atoms in total. The number of rotatable bonds is 12. The molecule has 400 valence electrons. The van der Waals surface area contributed by atoms with Crippen LogP contribution in [0, 0.1) is 0 Å². The standard InChI is InChI=1S/C18H22N8O2.C17H18N8O3.2C6H10F2.C2H6/c1-12(2)26-15(3-4-21-26)17(27)20-9-14-11-25-16(23-14)7-13(8-22-25)10-24-6-5-19-18(24)28;26-16(15-14(11-1-2-11)22-28-23-15)19-7-12-9-25-13(21-12)5-10(6-20-25)8-24-4-3-18-17(24)27;2*7-6(8)4-2-1-3-5-6;1-2/h3-4,7-8,11-12H,5-6,9-10H2,1-2H3,(H,19,28)(H,20,27);5-6,9,11H,1-4,7-8H2,(H,18,27)(H,19,26);2*1-5H2;1-2H3. The Morgan fingerprint density at radius 3 is 1.62 bits per heavy atom. The summed E-state index contributed by atoms with van der Waals surface area (Å²) in [6.07, 6.45) is 15.9. The molecular weight excluding hydrogens is 969 g/mol. The summed E-state index contributed by atoms with van der Waals surface area (Å²) in [5.41, 5.74) is 5.90. The van der Waals surface area contributed by atoms with Crippen molar-refractivity contribution in [1.82, 2.24) is 80.4 Å². The Labute approximate surface area is 425 Å². The van der Waals surface area contributed by atoms with E-state index in [-0.39, 0.29) is 80.3 Å². The maximum Gasteiger partial charge on any atom is 0.317 e. The number of nitrogens with one attached hydrogen (secondary N) is 4. The summed E-state index contributed by atoms with van der Waals surface area (Å²) >= 11 is 0. The highest BCUT2D eigenvalue weighted by Crippen LogP contribution is 2.40. The molecule has 0 bridgehead atoms. The van der Waals surface area contributed by atoms with Crippen molar-refractivity contribution in [1.29, 1.82) is 0 Å². The lowest BCUT2D eigenvalue weighted by Crippen LogP contribution is -2.27. The number of imidazole rings is 2. The zero-order chi connectivity index (χ0) is 52.8. The van der Waals surface area contributed by atoms with Crippen LogP contribution in [0.15, 0.2) is 53.8 Å². The predicted molar refractivity (Wildman–Crippen MR) is 262 cm³/mol. The number of alkyl halides is 4. The molecule has 3 aliphatic carbocycles. The summed E-state index contributed by atoms with van der Waals surface area (Å²) in [4.78, 5) is 60.6. The van der Waals surface area contributed by atoms with Crippen molar-refractivity contribution < 1.29 is 41.4 Å². The zero-order valence-corrected chi connectivity index (χ0v) is 42.3. The Balaban J connectivity index is 0.000000163. The van der Waals surface area contributed by atoms with E-state index in [0.29, 0.717) is 99.0 Å². The van der Waals surface area contributed by atoms with Gasteiger partial charge in [0.25, 0.3) is 11.8 Å². The summed E-state index contributed by atoms with van der Waals surface area (Å²) < 4.78 is 58.5. The number of halogens is 4. The van der Waals surface area contributed by atoms with E-state index in [0.717, 1.165) is 36.8 Å². The van der Waals surface area contributed by atoms with Crippen molar-refractivity contribution in [2.45, 2.75) is 155 Å². The van der Waals surface area contributed by atoms with Gasteiger partial charge in [-0.15, -0.1) is 0 Å². The molecule has 25 heteroatoms. The number of carbonyl (C=O) groups excluding carboxylic acids is 4. The summed E-state index contributed by atoms with van der Waals surface area (Å²) in [6, 6.07) is 5.45. The Hall–Kier alpha value is -7.21. The van der Waals surface area contributed by atoms with Crippen molar-refractivity contribution in [3.8, 4) is 0 Å². The third-order valence-corrected chi connectivity index (χ3v) is 12.6. The number of urea groups is 2. The Morgan fingerprint density at radius 1 is 0.716 bits per heavy atom. The smallest absolute Gasteiger partial charge is 0.317 e. The van der Waals surface area contributed by atoms with Crippen LogP contribution in [-0.4, -0.2) is 121 Å². The highest BCUT2D eigenvalue weighted by Gasteiger charge is 2.34. The monoisotopic (exact) mass is 1030 g/mol. The van der Waals surface area contributed by atoms with Gasteiger partial charge in [0, 0.05) is 83.1 Å². The molecule has 0 radical (unpaired) electrons. The minimum Gasteiger partial charge on any atom is -0.345 e. The summed E-state index contributed by atoms with van der Waals surface area (Å²) in [5, 5.41) is 31.7. The van der Waals surface area contributed by atoms with Crippen LogP contribution in [0.3, 0.4) is 0 Å². The maximum atomic E-state index is 12.4. The van der Waals surface area contributed by atoms with Gasteiger partial charge in [0.15, 0.2) is 17.0 Å². The summed E-state index contributed by atoms with van der Waals surface area (Å²) in [7, 11) is 0. The molecule has 5 aliphatic rings. The Bertz CT molecular complexity index is 2630. The number of nitrogens with zero attached hydrogens (tertiary/aromatic N) is 12. The lowest BCUT2D eigenvalue weighted by atomic mass is 9.97. The first kappa shape index (κ1) is 54.6. The number of hydrogen-bond donors (Lipinski definition) is 4. The number of fused-ring (bicyclic) bond motifs is 2. The molecule has 11 rings (SSSR count). The van der Waals surface area contributed by atoms with Crippen LogP contribution in [0.1, 0.15) is 166 Å². The van der Waals surface area contributed by atoms with E-state index in [1.165, 1.54) is 0 Å². The van der Waals surface area contributed by atoms with Crippen molar-refractivity contribution in [2.24, 2.45) is 0 Å². The number of aromatic nitrogens is 10. The van der Waals surface area contributed by atoms with Gasteiger partial charge in [0.05, 0.1) is 49.3 Å². The highest BCUT2D eigenvalue weighted by molar-refractivity contribution is 5.93. The molecule has 4 N–H and O–H groups in total. The van der Waals surface area contributed by atoms with Gasteiger partial charge < -0.3 is 31.1 Å². The second kappa shape index (κ2) is 25.1. The van der Waals surface area contributed by atoms with Gasteiger partial charge in [-0.1, -0.05) is 31.8 Å². The van der Waals surface area contributed by atoms with Crippen LogP contribution < -0.4 is 21.3 Å². The van der Waals surface area contributed by atoms with Gasteiger partial charge >= 0.3 is 12.1 Å². The Morgan fingerprint density at radius 2 is 1.20 bits per heavy atom. The molecule has 6 amide bonds. The minimum absolute atomic E-state index is 0.0627. The zero-order valence-electron chi connectivity index (χ0n) is 42.3. The van der Waals surface area contributed by atoms with E-state index in [2.05, 4.69) is 56.8 Å². The van der Waals surface area contributed by atoms with E-state index in [9.17, 15) is 36.7 Å². The molecule has 2 saturated heterocycles. The number of carbonyl (C=O) groups is 4. The average Bonchev–Trinajstić information content (AvgIpc) is 4.05. The third kappa shape index (κ3) is 15.2. The normalized spacial score (nSPS) is 17.7. The maximum absolute atomic E-state index is 12.4. The molecule has 3 saturated carbocycles. The SMILES string of the molecule is CC.CC(C)n1nccc1C(=O)NCc1cn2ncc(CN3CCNC3=O)cc2n1.FC1(F)CCCCC1.FC1(F)CCCCC1.O=C(NCc1cn2ncc(CN3CCNC3=O)cc2n1)c1nonc1C1CC1. The van der Waals surface area contributed by atoms with Crippen molar-refractivity contribution in [3.05, 3.63) is 88.8 Å². The van der Waals surface area contributed by atoms with Gasteiger partial charge in [-0.25, -0.2) is 50.8 Å². The van der Waals surface area contributed by atoms with Gasteiger partial charge in [0.1, 0.15) is 11.4 Å². The largest absolute Gasteiger partial charge is 0.345 e. The second-order valence-corrected chi connectivity index (χ2v) is 18.8. The molecule has 8 heterocycles. The minimum atomic E-state index is -2.32. The van der Waals surface area contributed by atoms with Gasteiger partial charge in [0.2, 0.25) is 11.8 Å². The van der Waals surface area contributed by atoms with Crippen LogP contribution in [0.25, 0.3) is 11.3 Å². The number of hydrogen-bond acceptors (Lipinski definition) is 12. The summed E-state index contributed by atoms with van der Waals surface area (Å²) in [5.74, 6) is -4.88. The highest BCUT2D eigenvalue weighted by atomic mass is 19.3. The molecule has 74 heavy (non-hydrogen) atoms. The second-order valence-electron chi connectivity index (χ2n) is 18.8. The van der Waals surface area contributed by atoms with Crippen LogP contribution in [-0.2, 0) is 26.2 Å². The molecule has 0 spiro atoms. The first-order chi connectivity index (χ1) is 35.6. The fraction of sp³-hybridized carbons (Fsp3) is 0.571. The predicted octanol–water partition coefficient (Wildman–Crippen LogP) is 7.60. The Kier molecular flexibility index (Phi) is 18.5. The molecular formula is C49H66F4N16O5. The fourth-order valence-electron chi connectivity index (χ4n) is 8.58. The molecule has 6 aromatic heterocycles. The lowest BCUT2D eigenvalue weighted by Gasteiger charge is -2.20. The average molecular weight is 1040 g/mol.